The minimum Gasteiger partial charge on any atom is -0.493 e. The molecule has 0 atom stereocenters. The molecule has 0 radical (unpaired) electrons. The normalized spacial score (nSPS) is 10.8. The number of ether oxygens (including phenoxy) is 2. The lowest BCUT2D eigenvalue weighted by molar-refractivity contribution is 0.0955. The number of hydrogen-bond acceptors (Lipinski definition) is 6. The molecule has 3 aromatic rings. The lowest BCUT2D eigenvalue weighted by Gasteiger charge is -2.10. The number of benzene rings is 2. The van der Waals surface area contributed by atoms with E-state index in [1.165, 1.54) is 25.5 Å². The highest BCUT2D eigenvalue weighted by Gasteiger charge is 2.12. The van der Waals surface area contributed by atoms with Crippen LogP contribution in [-0.2, 0) is 0 Å². The van der Waals surface area contributed by atoms with Gasteiger partial charge in [0.25, 0.3) is 11.8 Å². The van der Waals surface area contributed by atoms with Crippen LogP contribution in [-0.4, -0.2) is 29.2 Å². The zero-order valence-electron chi connectivity index (χ0n) is 14.9. The summed E-state index contributed by atoms with van der Waals surface area (Å²) in [7, 11) is 1.42. The number of nitrogens with one attached hydrogen (secondary N) is 1. The summed E-state index contributed by atoms with van der Waals surface area (Å²) in [5.74, 6) is -1.01. The van der Waals surface area contributed by atoms with Crippen molar-refractivity contribution in [3.05, 3.63) is 75.9 Å². The number of carbonyl (C=O) groups is 1. The van der Waals surface area contributed by atoms with Gasteiger partial charge < -0.3 is 9.47 Å². The van der Waals surface area contributed by atoms with Gasteiger partial charge >= 0.3 is 0 Å². The summed E-state index contributed by atoms with van der Waals surface area (Å²) >= 11 is 11.5. The smallest absolute Gasteiger partial charge is 0.271 e. The van der Waals surface area contributed by atoms with Crippen LogP contribution in [0.1, 0.15) is 15.9 Å². The fourth-order valence-corrected chi connectivity index (χ4v) is 2.53. The number of hydrogen-bond donors (Lipinski definition) is 1. The van der Waals surface area contributed by atoms with Crippen molar-refractivity contribution in [3.8, 4) is 17.4 Å². The second kappa shape index (κ2) is 9.31. The predicted molar refractivity (Wildman–Crippen MR) is 107 cm³/mol. The van der Waals surface area contributed by atoms with E-state index in [0.29, 0.717) is 21.9 Å². The van der Waals surface area contributed by atoms with Crippen molar-refractivity contribution >= 4 is 35.3 Å². The summed E-state index contributed by atoms with van der Waals surface area (Å²) in [6, 6.07) is 11.2. The molecular weight excluding hydrogens is 422 g/mol. The van der Waals surface area contributed by atoms with E-state index in [1.54, 1.807) is 30.3 Å². The summed E-state index contributed by atoms with van der Waals surface area (Å²) in [5.41, 5.74) is 3.37. The van der Waals surface area contributed by atoms with Gasteiger partial charge in [-0.15, -0.1) is 0 Å². The highest BCUT2D eigenvalue weighted by Crippen LogP contribution is 2.32. The van der Waals surface area contributed by atoms with Gasteiger partial charge in [0.15, 0.2) is 11.5 Å². The van der Waals surface area contributed by atoms with Crippen molar-refractivity contribution in [2.75, 3.05) is 7.11 Å². The first-order chi connectivity index (χ1) is 14.0. The lowest BCUT2D eigenvalue weighted by atomic mass is 10.2. The summed E-state index contributed by atoms with van der Waals surface area (Å²) in [5, 5.41) is 4.19. The average Bonchev–Trinajstić information content (AvgIpc) is 2.71. The molecule has 0 fully saturated rings. The molecular formula is C19H13Cl2FN4O3. The Kier molecular flexibility index (Phi) is 6.58. The van der Waals surface area contributed by atoms with Crippen LogP contribution < -0.4 is 14.9 Å². The molecule has 0 aliphatic carbocycles. The van der Waals surface area contributed by atoms with Crippen molar-refractivity contribution in [1.82, 2.24) is 15.4 Å². The fraction of sp³-hybridized carbons (Fsp3) is 0.0526. The standard InChI is InChI=1S/C19H13Cl2FN4O3/c1-28-16-7-11(9-24-26-17(27)12-3-2-4-13(20)8-12)5-6-15(16)29-18-14(22)10-23-19(21)25-18/h2-10H,1H3,(H,26,27). The minimum atomic E-state index is -0.772. The highest BCUT2D eigenvalue weighted by atomic mass is 35.5. The van der Waals surface area contributed by atoms with E-state index in [2.05, 4.69) is 20.5 Å². The molecule has 10 heteroatoms. The molecule has 3 rings (SSSR count). The molecule has 29 heavy (non-hydrogen) atoms. The van der Waals surface area contributed by atoms with Crippen molar-refractivity contribution in [1.29, 1.82) is 0 Å². The first kappa shape index (κ1) is 20.5. The molecule has 148 valence electrons. The Hall–Kier alpha value is -3.23. The van der Waals surface area contributed by atoms with Crippen molar-refractivity contribution in [2.24, 2.45) is 5.10 Å². The molecule has 0 aliphatic rings. The minimum absolute atomic E-state index is 0.153. The van der Waals surface area contributed by atoms with Crippen LogP contribution in [0.5, 0.6) is 17.4 Å². The average molecular weight is 435 g/mol. The van der Waals surface area contributed by atoms with E-state index in [-0.39, 0.29) is 16.9 Å². The van der Waals surface area contributed by atoms with E-state index in [9.17, 15) is 9.18 Å². The number of halogens is 3. The molecule has 0 spiro atoms. The molecule has 0 aliphatic heterocycles. The Morgan fingerprint density at radius 3 is 2.79 bits per heavy atom. The van der Waals surface area contributed by atoms with E-state index < -0.39 is 11.7 Å². The number of aromatic nitrogens is 2. The van der Waals surface area contributed by atoms with Crippen LogP contribution in [0.25, 0.3) is 0 Å². The Morgan fingerprint density at radius 2 is 2.03 bits per heavy atom. The molecule has 1 heterocycles. The molecule has 1 N–H and O–H groups in total. The van der Waals surface area contributed by atoms with E-state index in [0.717, 1.165) is 6.20 Å². The van der Waals surface area contributed by atoms with Crippen molar-refractivity contribution in [3.63, 3.8) is 0 Å². The molecule has 0 saturated carbocycles. The lowest BCUT2D eigenvalue weighted by Crippen LogP contribution is -2.17. The highest BCUT2D eigenvalue weighted by molar-refractivity contribution is 6.31. The zero-order valence-corrected chi connectivity index (χ0v) is 16.4. The maximum atomic E-state index is 13.8. The van der Waals surface area contributed by atoms with E-state index >= 15 is 0 Å². The molecule has 0 saturated heterocycles. The van der Waals surface area contributed by atoms with Gasteiger partial charge in [0.2, 0.25) is 11.1 Å². The number of nitrogens with zero attached hydrogens (tertiary/aromatic N) is 3. The summed E-state index contributed by atoms with van der Waals surface area (Å²) in [4.78, 5) is 19.2. The third-order valence-corrected chi connectivity index (χ3v) is 3.96. The second-order valence-corrected chi connectivity index (χ2v) is 6.29. The van der Waals surface area contributed by atoms with Gasteiger partial charge in [0, 0.05) is 10.6 Å². The molecule has 2 aromatic carbocycles. The summed E-state index contributed by atoms with van der Waals surface area (Å²) in [6.45, 7) is 0. The largest absolute Gasteiger partial charge is 0.493 e. The monoisotopic (exact) mass is 434 g/mol. The van der Waals surface area contributed by atoms with Gasteiger partial charge in [-0.05, 0) is 53.6 Å². The number of carbonyl (C=O) groups excluding carboxylic acids is 1. The van der Waals surface area contributed by atoms with Gasteiger partial charge in [0.05, 0.1) is 19.5 Å². The van der Waals surface area contributed by atoms with Gasteiger partial charge in [-0.1, -0.05) is 17.7 Å². The molecule has 0 bridgehead atoms. The number of methoxy groups -OCH3 is 1. The zero-order chi connectivity index (χ0) is 20.8. The molecule has 0 unspecified atom stereocenters. The van der Waals surface area contributed by atoms with Crippen LogP contribution in [0, 0.1) is 5.82 Å². The van der Waals surface area contributed by atoms with Crippen molar-refractivity contribution in [2.45, 2.75) is 0 Å². The quantitative estimate of drug-likeness (QED) is 0.351. The molecule has 1 aromatic heterocycles. The van der Waals surface area contributed by atoms with Crippen LogP contribution in [0.15, 0.2) is 53.8 Å². The summed E-state index contributed by atoms with van der Waals surface area (Å²) in [6.07, 6.45) is 2.32. The Labute approximate surface area is 175 Å². The third kappa shape index (κ3) is 5.40. The maximum absolute atomic E-state index is 13.8. The first-order valence-electron chi connectivity index (χ1n) is 8.09. The van der Waals surface area contributed by atoms with Gasteiger partial charge in [-0.25, -0.2) is 10.4 Å². The Bertz CT molecular complexity index is 1080. The summed E-state index contributed by atoms with van der Waals surface area (Å²) < 4.78 is 24.4. The van der Waals surface area contributed by atoms with E-state index in [1.807, 2.05) is 0 Å². The number of rotatable bonds is 6. The van der Waals surface area contributed by atoms with Gasteiger partial charge in [-0.2, -0.15) is 14.5 Å². The molecule has 1 amide bonds. The topological polar surface area (TPSA) is 85.7 Å². The van der Waals surface area contributed by atoms with E-state index in [4.69, 9.17) is 32.7 Å². The number of amides is 1. The Morgan fingerprint density at radius 1 is 1.21 bits per heavy atom. The third-order valence-electron chi connectivity index (χ3n) is 3.54. The van der Waals surface area contributed by atoms with Crippen molar-refractivity contribution < 1.29 is 18.7 Å². The maximum Gasteiger partial charge on any atom is 0.271 e. The number of hydrazone groups is 1. The van der Waals surface area contributed by atoms with Gasteiger partial charge in [-0.3, -0.25) is 4.79 Å². The van der Waals surface area contributed by atoms with Crippen LogP contribution in [0.2, 0.25) is 10.3 Å². The van der Waals surface area contributed by atoms with Crippen LogP contribution in [0.3, 0.4) is 0 Å². The Balaban J connectivity index is 1.72. The molecule has 7 nitrogen and oxygen atoms in total. The predicted octanol–water partition coefficient (Wildman–Crippen LogP) is 4.49. The fourth-order valence-electron chi connectivity index (χ4n) is 2.22. The SMILES string of the molecule is COc1cc(C=NNC(=O)c2cccc(Cl)c2)ccc1Oc1nc(Cl)ncc1F. The van der Waals surface area contributed by atoms with Gasteiger partial charge in [0.1, 0.15) is 0 Å². The first-order valence-corrected chi connectivity index (χ1v) is 8.85. The van der Waals surface area contributed by atoms with Crippen LogP contribution in [0.4, 0.5) is 4.39 Å². The van der Waals surface area contributed by atoms with Crippen LogP contribution >= 0.6 is 23.2 Å². The second-order valence-electron chi connectivity index (χ2n) is 5.51.